The predicted molar refractivity (Wildman–Crippen MR) is 113 cm³/mol. The van der Waals surface area contributed by atoms with Crippen molar-refractivity contribution in [2.45, 2.75) is 6.18 Å². The molecule has 0 atom stereocenters. The number of benzene rings is 1. The van der Waals surface area contributed by atoms with Crippen molar-refractivity contribution in [2.24, 2.45) is 0 Å². The number of methoxy groups -OCH3 is 1. The standard InChI is InChI=1S/C22H19F4N3O5/c1-32-9-10-33-18-11-14(23)4-6-17(18)29-8-2-3-16(21(29)31)20(30)28-15-5-7-19(27-12-15)34-13-22(24,25)26/h2-8,11-12H,9-10,13H2,1H3,(H,28,30). The number of hydrogen-bond acceptors (Lipinski definition) is 6. The maximum absolute atomic E-state index is 13.7. The summed E-state index contributed by atoms with van der Waals surface area (Å²) in [6, 6.07) is 8.75. The van der Waals surface area contributed by atoms with Crippen molar-refractivity contribution in [3.63, 3.8) is 0 Å². The molecule has 1 aromatic carbocycles. The van der Waals surface area contributed by atoms with E-state index in [-0.39, 0.29) is 41.8 Å². The van der Waals surface area contributed by atoms with E-state index in [4.69, 9.17) is 9.47 Å². The lowest BCUT2D eigenvalue weighted by molar-refractivity contribution is -0.154. The van der Waals surface area contributed by atoms with E-state index in [2.05, 4.69) is 15.0 Å². The predicted octanol–water partition coefficient (Wildman–Crippen LogP) is 3.59. The molecule has 0 aliphatic carbocycles. The van der Waals surface area contributed by atoms with Gasteiger partial charge < -0.3 is 19.5 Å². The minimum atomic E-state index is -4.51. The molecule has 0 fully saturated rings. The number of pyridine rings is 2. The molecule has 0 bridgehead atoms. The molecule has 3 aromatic rings. The topological polar surface area (TPSA) is 91.7 Å². The number of ether oxygens (including phenoxy) is 3. The number of hydrogen-bond donors (Lipinski definition) is 1. The second kappa shape index (κ2) is 10.8. The van der Waals surface area contributed by atoms with Crippen LogP contribution < -0.4 is 20.3 Å². The SMILES string of the molecule is COCCOc1cc(F)ccc1-n1cccc(C(=O)Nc2ccc(OCC(F)(F)F)nc2)c1=O. The number of nitrogens with one attached hydrogen (secondary N) is 1. The summed E-state index contributed by atoms with van der Waals surface area (Å²) in [5, 5.41) is 2.44. The van der Waals surface area contributed by atoms with E-state index >= 15 is 0 Å². The fraction of sp³-hybridized carbons (Fsp3) is 0.227. The molecule has 12 heteroatoms. The van der Waals surface area contributed by atoms with Gasteiger partial charge in [0.05, 0.1) is 24.2 Å². The monoisotopic (exact) mass is 481 g/mol. The largest absolute Gasteiger partial charge is 0.489 e. The van der Waals surface area contributed by atoms with Gasteiger partial charge in [-0.25, -0.2) is 9.37 Å². The first-order valence-corrected chi connectivity index (χ1v) is 9.78. The third-order valence-electron chi connectivity index (χ3n) is 4.30. The zero-order chi connectivity index (χ0) is 24.7. The van der Waals surface area contributed by atoms with Gasteiger partial charge in [0, 0.05) is 25.4 Å². The lowest BCUT2D eigenvalue weighted by Crippen LogP contribution is -2.28. The van der Waals surface area contributed by atoms with Crippen LogP contribution in [0.2, 0.25) is 0 Å². The number of amides is 1. The smallest absolute Gasteiger partial charge is 0.422 e. The first-order chi connectivity index (χ1) is 16.2. The van der Waals surface area contributed by atoms with Crippen LogP contribution in [0.3, 0.4) is 0 Å². The van der Waals surface area contributed by atoms with Crippen molar-refractivity contribution in [2.75, 3.05) is 32.2 Å². The highest BCUT2D eigenvalue weighted by Crippen LogP contribution is 2.23. The highest BCUT2D eigenvalue weighted by molar-refractivity contribution is 6.03. The molecule has 8 nitrogen and oxygen atoms in total. The molecule has 0 saturated heterocycles. The Balaban J connectivity index is 1.80. The number of rotatable bonds is 9. The molecule has 3 rings (SSSR count). The Morgan fingerprint density at radius 3 is 2.59 bits per heavy atom. The molecule has 1 N–H and O–H groups in total. The molecule has 34 heavy (non-hydrogen) atoms. The Hall–Kier alpha value is -3.93. The van der Waals surface area contributed by atoms with Crippen LogP contribution in [0.1, 0.15) is 10.4 Å². The van der Waals surface area contributed by atoms with E-state index in [9.17, 15) is 27.2 Å². The van der Waals surface area contributed by atoms with Crippen LogP contribution in [-0.2, 0) is 4.74 Å². The van der Waals surface area contributed by atoms with Gasteiger partial charge in [0.25, 0.3) is 11.5 Å². The van der Waals surface area contributed by atoms with Crippen molar-refractivity contribution in [3.8, 4) is 17.3 Å². The summed E-state index contributed by atoms with van der Waals surface area (Å²) in [6.07, 6.45) is -2.03. The van der Waals surface area contributed by atoms with E-state index in [1.165, 1.54) is 37.6 Å². The van der Waals surface area contributed by atoms with Crippen LogP contribution in [0.15, 0.2) is 59.7 Å². The molecule has 0 radical (unpaired) electrons. The van der Waals surface area contributed by atoms with E-state index in [1.54, 1.807) is 0 Å². The van der Waals surface area contributed by atoms with Crippen LogP contribution in [0.5, 0.6) is 11.6 Å². The van der Waals surface area contributed by atoms with Gasteiger partial charge in [0.2, 0.25) is 5.88 Å². The molecule has 1 amide bonds. The molecule has 0 aliphatic heterocycles. The lowest BCUT2D eigenvalue weighted by atomic mass is 10.2. The Kier molecular flexibility index (Phi) is 7.84. The number of anilines is 1. The number of carbonyl (C=O) groups is 1. The highest BCUT2D eigenvalue weighted by atomic mass is 19.4. The molecular formula is C22H19F4N3O5. The van der Waals surface area contributed by atoms with Crippen LogP contribution >= 0.6 is 0 Å². The number of carbonyl (C=O) groups excluding carboxylic acids is 1. The van der Waals surface area contributed by atoms with Crippen molar-refractivity contribution in [1.82, 2.24) is 9.55 Å². The second-order valence-corrected chi connectivity index (χ2v) is 6.79. The van der Waals surface area contributed by atoms with Crippen molar-refractivity contribution in [1.29, 1.82) is 0 Å². The number of aromatic nitrogens is 2. The molecule has 2 aromatic heterocycles. The van der Waals surface area contributed by atoms with Crippen molar-refractivity contribution >= 4 is 11.6 Å². The average Bonchev–Trinajstić information content (AvgIpc) is 2.79. The summed E-state index contributed by atoms with van der Waals surface area (Å²) in [5.41, 5.74) is -0.608. The fourth-order valence-corrected chi connectivity index (χ4v) is 2.79. The minimum absolute atomic E-state index is 0.0790. The van der Waals surface area contributed by atoms with Crippen molar-refractivity contribution in [3.05, 3.63) is 76.6 Å². The van der Waals surface area contributed by atoms with Gasteiger partial charge in [-0.15, -0.1) is 0 Å². The third-order valence-corrected chi connectivity index (χ3v) is 4.30. The zero-order valence-electron chi connectivity index (χ0n) is 17.8. The van der Waals surface area contributed by atoms with Crippen LogP contribution in [0.4, 0.5) is 23.2 Å². The van der Waals surface area contributed by atoms with Gasteiger partial charge in [-0.1, -0.05) is 0 Å². The van der Waals surface area contributed by atoms with Crippen LogP contribution in [0, 0.1) is 5.82 Å². The first kappa shape index (κ1) is 24.7. The Morgan fingerprint density at radius 1 is 1.12 bits per heavy atom. The number of alkyl halides is 3. The summed E-state index contributed by atoms with van der Waals surface area (Å²) in [7, 11) is 1.47. The van der Waals surface area contributed by atoms with Gasteiger partial charge in [-0.05, 0) is 30.3 Å². The summed E-state index contributed by atoms with van der Waals surface area (Å²) in [6.45, 7) is -1.16. The van der Waals surface area contributed by atoms with Gasteiger partial charge in [-0.3, -0.25) is 14.2 Å². The molecule has 180 valence electrons. The third kappa shape index (κ3) is 6.54. The van der Waals surface area contributed by atoms with Gasteiger partial charge in [0.1, 0.15) is 23.7 Å². The molecule has 2 heterocycles. The highest BCUT2D eigenvalue weighted by Gasteiger charge is 2.28. The van der Waals surface area contributed by atoms with Crippen LogP contribution in [-0.4, -0.2) is 48.6 Å². The normalized spacial score (nSPS) is 11.2. The number of halogens is 4. The molecular weight excluding hydrogens is 462 g/mol. The summed E-state index contributed by atoms with van der Waals surface area (Å²) in [4.78, 5) is 29.3. The minimum Gasteiger partial charge on any atom is -0.489 e. The second-order valence-electron chi connectivity index (χ2n) is 6.79. The summed E-state index contributed by atoms with van der Waals surface area (Å²) < 4.78 is 66.4. The Labute approximate surface area is 190 Å². The number of nitrogens with zero attached hydrogens (tertiary/aromatic N) is 2. The first-order valence-electron chi connectivity index (χ1n) is 9.78. The fourth-order valence-electron chi connectivity index (χ4n) is 2.79. The molecule has 0 spiro atoms. The van der Waals surface area contributed by atoms with Crippen molar-refractivity contribution < 1.29 is 36.6 Å². The summed E-state index contributed by atoms with van der Waals surface area (Å²) in [5.74, 6) is -1.56. The summed E-state index contributed by atoms with van der Waals surface area (Å²) >= 11 is 0. The van der Waals surface area contributed by atoms with E-state index in [0.29, 0.717) is 0 Å². The Bertz CT molecular complexity index is 1200. The van der Waals surface area contributed by atoms with E-state index in [0.717, 1.165) is 29.0 Å². The zero-order valence-corrected chi connectivity index (χ0v) is 17.8. The maximum atomic E-state index is 13.7. The van der Waals surface area contributed by atoms with E-state index in [1.807, 2.05) is 0 Å². The van der Waals surface area contributed by atoms with Gasteiger partial charge >= 0.3 is 6.18 Å². The Morgan fingerprint density at radius 2 is 1.91 bits per heavy atom. The van der Waals surface area contributed by atoms with Gasteiger partial charge in [-0.2, -0.15) is 13.2 Å². The molecule has 0 aliphatic rings. The lowest BCUT2D eigenvalue weighted by Gasteiger charge is -2.14. The maximum Gasteiger partial charge on any atom is 0.422 e. The average molecular weight is 481 g/mol. The van der Waals surface area contributed by atoms with Gasteiger partial charge in [0.15, 0.2) is 6.61 Å². The quantitative estimate of drug-likeness (QED) is 0.371. The molecule has 0 saturated carbocycles. The van der Waals surface area contributed by atoms with E-state index < -0.39 is 30.1 Å². The van der Waals surface area contributed by atoms with Crippen LogP contribution in [0.25, 0.3) is 5.69 Å². The molecule has 0 unspecified atom stereocenters.